The fraction of sp³-hybridized carbons (Fsp3) is 0.0714. The number of carbonyl (C=O) groups is 4. The molecule has 1 aromatic carbocycles. The van der Waals surface area contributed by atoms with Gasteiger partial charge in [0.15, 0.2) is 10.8 Å². The first-order chi connectivity index (χ1) is 11.0. The number of anilines is 1. The number of carbonyl (C=O) groups excluding carboxylic acids is 3. The molecule has 0 fully saturated rings. The maximum Gasteiger partial charge on any atom is 0.355 e. The monoisotopic (exact) mass is 331 g/mol. The zero-order valence-corrected chi connectivity index (χ0v) is 12.3. The SMILES string of the molecule is O=C(CN1C(=O)c2ccccc2C1=O)Nc1nc(C(=O)O)cs1. The van der Waals surface area contributed by atoms with Crippen LogP contribution in [0.25, 0.3) is 0 Å². The quantitative estimate of drug-likeness (QED) is 0.810. The summed E-state index contributed by atoms with van der Waals surface area (Å²) in [5.41, 5.74) is 0.325. The number of fused-ring (bicyclic) bond motifs is 1. The maximum absolute atomic E-state index is 12.1. The van der Waals surface area contributed by atoms with Crippen molar-refractivity contribution in [3.05, 3.63) is 46.5 Å². The van der Waals surface area contributed by atoms with Gasteiger partial charge in [-0.1, -0.05) is 12.1 Å². The fourth-order valence-corrected chi connectivity index (χ4v) is 2.82. The standard InChI is InChI=1S/C14H9N3O5S/c18-10(16-14-15-9(6-23-14)13(21)22)5-17-11(19)7-3-1-2-4-8(7)12(17)20/h1-4,6H,5H2,(H,21,22)(H,15,16,18). The Hall–Kier alpha value is -3.07. The Morgan fingerprint density at radius 3 is 2.30 bits per heavy atom. The van der Waals surface area contributed by atoms with Gasteiger partial charge in [-0.3, -0.25) is 19.3 Å². The lowest BCUT2D eigenvalue weighted by Crippen LogP contribution is -2.37. The minimum atomic E-state index is -1.21. The molecule has 2 heterocycles. The van der Waals surface area contributed by atoms with Crippen LogP contribution >= 0.6 is 11.3 Å². The summed E-state index contributed by atoms with van der Waals surface area (Å²) in [6, 6.07) is 6.31. The van der Waals surface area contributed by atoms with E-state index in [1.54, 1.807) is 12.1 Å². The highest BCUT2D eigenvalue weighted by Crippen LogP contribution is 2.22. The van der Waals surface area contributed by atoms with Crippen molar-refractivity contribution >= 4 is 40.2 Å². The van der Waals surface area contributed by atoms with Gasteiger partial charge in [0.1, 0.15) is 6.54 Å². The molecule has 116 valence electrons. The second-order valence-electron chi connectivity index (χ2n) is 4.63. The van der Waals surface area contributed by atoms with Gasteiger partial charge in [-0.25, -0.2) is 9.78 Å². The van der Waals surface area contributed by atoms with E-state index in [4.69, 9.17) is 5.11 Å². The molecular formula is C14H9N3O5S. The van der Waals surface area contributed by atoms with Crippen LogP contribution in [0.4, 0.5) is 5.13 Å². The van der Waals surface area contributed by atoms with Crippen molar-refractivity contribution in [2.75, 3.05) is 11.9 Å². The summed E-state index contributed by atoms with van der Waals surface area (Å²) in [5, 5.41) is 12.5. The lowest BCUT2D eigenvalue weighted by atomic mass is 10.1. The minimum Gasteiger partial charge on any atom is -0.476 e. The summed E-state index contributed by atoms with van der Waals surface area (Å²) in [6.07, 6.45) is 0. The molecule has 0 saturated carbocycles. The van der Waals surface area contributed by atoms with Crippen molar-refractivity contribution in [3.63, 3.8) is 0 Å². The summed E-state index contributed by atoms with van der Waals surface area (Å²) < 4.78 is 0. The molecule has 9 heteroatoms. The van der Waals surface area contributed by atoms with Crippen LogP contribution in [-0.2, 0) is 4.79 Å². The Balaban J connectivity index is 1.70. The second-order valence-corrected chi connectivity index (χ2v) is 5.49. The van der Waals surface area contributed by atoms with Gasteiger partial charge in [-0.15, -0.1) is 11.3 Å². The number of imide groups is 1. The number of benzene rings is 1. The Morgan fingerprint density at radius 1 is 1.17 bits per heavy atom. The van der Waals surface area contributed by atoms with Crippen molar-refractivity contribution < 1.29 is 24.3 Å². The number of aromatic carboxylic acids is 1. The third kappa shape index (κ3) is 2.69. The number of aromatic nitrogens is 1. The van der Waals surface area contributed by atoms with Crippen molar-refractivity contribution in [1.29, 1.82) is 0 Å². The van der Waals surface area contributed by atoms with Crippen LogP contribution < -0.4 is 5.32 Å². The first kappa shape index (κ1) is 14.9. The van der Waals surface area contributed by atoms with Gasteiger partial charge in [-0.05, 0) is 12.1 Å². The van der Waals surface area contributed by atoms with Gasteiger partial charge in [0, 0.05) is 5.38 Å². The number of hydrogen-bond acceptors (Lipinski definition) is 6. The number of carboxylic acid groups (broad SMARTS) is 1. The first-order valence-corrected chi connectivity index (χ1v) is 7.29. The summed E-state index contributed by atoms with van der Waals surface area (Å²) in [4.78, 5) is 51.5. The van der Waals surface area contributed by atoms with E-state index in [1.807, 2.05) is 0 Å². The highest BCUT2D eigenvalue weighted by Gasteiger charge is 2.36. The molecule has 1 aromatic heterocycles. The van der Waals surface area contributed by atoms with Crippen LogP contribution in [0.3, 0.4) is 0 Å². The van der Waals surface area contributed by atoms with E-state index in [1.165, 1.54) is 17.5 Å². The molecule has 0 spiro atoms. The predicted molar refractivity (Wildman–Crippen MR) is 79.5 cm³/mol. The Labute approximate surface area is 133 Å². The highest BCUT2D eigenvalue weighted by molar-refractivity contribution is 7.14. The molecular weight excluding hydrogens is 322 g/mol. The largest absolute Gasteiger partial charge is 0.476 e. The number of amides is 3. The van der Waals surface area contributed by atoms with Gasteiger partial charge in [0.25, 0.3) is 11.8 Å². The molecule has 0 saturated heterocycles. The molecule has 2 aromatic rings. The maximum atomic E-state index is 12.1. The summed E-state index contributed by atoms with van der Waals surface area (Å²) >= 11 is 0.941. The van der Waals surface area contributed by atoms with Gasteiger partial charge < -0.3 is 10.4 Å². The molecule has 8 nitrogen and oxygen atoms in total. The van der Waals surface area contributed by atoms with Crippen molar-refractivity contribution in [3.8, 4) is 0 Å². The average molecular weight is 331 g/mol. The third-order valence-corrected chi connectivity index (χ3v) is 3.91. The average Bonchev–Trinajstić information content (AvgIpc) is 3.07. The zero-order chi connectivity index (χ0) is 16.6. The topological polar surface area (TPSA) is 117 Å². The molecule has 1 aliphatic rings. The molecule has 0 unspecified atom stereocenters. The van der Waals surface area contributed by atoms with Crippen LogP contribution in [0.15, 0.2) is 29.6 Å². The van der Waals surface area contributed by atoms with Gasteiger partial charge in [0.05, 0.1) is 11.1 Å². The number of rotatable bonds is 4. The van der Waals surface area contributed by atoms with Crippen LogP contribution in [0.1, 0.15) is 31.2 Å². The highest BCUT2D eigenvalue weighted by atomic mass is 32.1. The molecule has 0 radical (unpaired) electrons. The molecule has 2 N–H and O–H groups in total. The normalized spacial score (nSPS) is 13.1. The summed E-state index contributed by atoms with van der Waals surface area (Å²) in [7, 11) is 0. The van der Waals surface area contributed by atoms with Gasteiger partial charge >= 0.3 is 5.97 Å². The molecule has 3 amide bonds. The smallest absolute Gasteiger partial charge is 0.355 e. The van der Waals surface area contributed by atoms with E-state index >= 15 is 0 Å². The lowest BCUT2D eigenvalue weighted by molar-refractivity contribution is -0.116. The van der Waals surface area contributed by atoms with Crippen molar-refractivity contribution in [2.24, 2.45) is 0 Å². The number of nitrogens with one attached hydrogen (secondary N) is 1. The summed E-state index contributed by atoms with van der Waals surface area (Å²) in [6.45, 7) is -0.464. The van der Waals surface area contributed by atoms with E-state index < -0.39 is 30.2 Å². The third-order valence-electron chi connectivity index (χ3n) is 3.15. The Morgan fingerprint density at radius 2 is 1.78 bits per heavy atom. The fourth-order valence-electron chi connectivity index (χ4n) is 2.11. The van der Waals surface area contributed by atoms with E-state index in [0.717, 1.165) is 16.2 Å². The van der Waals surface area contributed by atoms with Crippen molar-refractivity contribution in [2.45, 2.75) is 0 Å². The molecule has 1 aliphatic heterocycles. The van der Waals surface area contributed by atoms with E-state index in [9.17, 15) is 19.2 Å². The number of nitrogens with zero attached hydrogens (tertiary/aromatic N) is 2. The molecule has 0 bridgehead atoms. The van der Waals surface area contributed by atoms with Crippen molar-refractivity contribution in [1.82, 2.24) is 9.88 Å². The Kier molecular flexibility index (Phi) is 3.62. The number of thiazole rings is 1. The van der Waals surface area contributed by atoms with E-state index in [2.05, 4.69) is 10.3 Å². The van der Waals surface area contributed by atoms with E-state index in [-0.39, 0.29) is 22.0 Å². The van der Waals surface area contributed by atoms with Gasteiger partial charge in [0.2, 0.25) is 5.91 Å². The molecule has 23 heavy (non-hydrogen) atoms. The summed E-state index contributed by atoms with van der Waals surface area (Å²) in [5.74, 6) is -2.91. The minimum absolute atomic E-state index is 0.0870. The van der Waals surface area contributed by atoms with Gasteiger partial charge in [-0.2, -0.15) is 0 Å². The number of hydrogen-bond donors (Lipinski definition) is 2. The second kappa shape index (κ2) is 5.61. The van der Waals surface area contributed by atoms with Crippen LogP contribution in [-0.4, -0.2) is 45.2 Å². The molecule has 3 rings (SSSR count). The lowest BCUT2D eigenvalue weighted by Gasteiger charge is -2.12. The first-order valence-electron chi connectivity index (χ1n) is 6.41. The number of carboxylic acids is 1. The van der Waals surface area contributed by atoms with Crippen LogP contribution in [0.2, 0.25) is 0 Å². The van der Waals surface area contributed by atoms with Crippen LogP contribution in [0.5, 0.6) is 0 Å². The molecule has 0 atom stereocenters. The molecule has 0 aliphatic carbocycles. The van der Waals surface area contributed by atoms with Crippen LogP contribution in [0, 0.1) is 0 Å². The van der Waals surface area contributed by atoms with E-state index in [0.29, 0.717) is 0 Å². The predicted octanol–water partition coefficient (Wildman–Crippen LogP) is 1.08. The zero-order valence-electron chi connectivity index (χ0n) is 11.5. The Bertz CT molecular complexity index is 809.